The van der Waals surface area contributed by atoms with Gasteiger partial charge in [0.05, 0.1) is 19.2 Å². The van der Waals surface area contributed by atoms with Crippen LogP contribution in [0, 0.1) is 17.2 Å². The van der Waals surface area contributed by atoms with Crippen LogP contribution in [0.15, 0.2) is 24.3 Å². The molecule has 0 radical (unpaired) electrons. The van der Waals surface area contributed by atoms with E-state index in [1.807, 2.05) is 24.3 Å². The van der Waals surface area contributed by atoms with Crippen LogP contribution in [-0.4, -0.2) is 31.1 Å². The highest BCUT2D eigenvalue weighted by molar-refractivity contribution is 6.30. The molecule has 4 heteroatoms. The van der Waals surface area contributed by atoms with E-state index in [1.165, 1.54) is 0 Å². The zero-order valence-electron chi connectivity index (χ0n) is 11.0. The average Bonchev–Trinajstić information content (AvgIpc) is 2.43. The zero-order valence-corrected chi connectivity index (χ0v) is 11.8. The monoisotopic (exact) mass is 278 g/mol. The lowest BCUT2D eigenvalue weighted by Gasteiger charge is -2.29. The van der Waals surface area contributed by atoms with Crippen molar-refractivity contribution in [1.82, 2.24) is 4.90 Å². The first-order chi connectivity index (χ1) is 9.28. The van der Waals surface area contributed by atoms with Crippen LogP contribution in [0.2, 0.25) is 5.02 Å². The van der Waals surface area contributed by atoms with Gasteiger partial charge < -0.3 is 4.74 Å². The van der Waals surface area contributed by atoms with Crippen LogP contribution >= 0.6 is 11.6 Å². The summed E-state index contributed by atoms with van der Waals surface area (Å²) < 4.78 is 5.77. The van der Waals surface area contributed by atoms with Crippen molar-refractivity contribution in [1.29, 1.82) is 5.26 Å². The Labute approximate surface area is 119 Å². The second kappa shape index (κ2) is 7.49. The lowest BCUT2D eigenvalue weighted by Crippen LogP contribution is -2.35. The fourth-order valence-electron chi connectivity index (χ4n) is 2.34. The maximum Gasteiger partial charge on any atom is 0.0865 e. The Bertz CT molecular complexity index is 419. The van der Waals surface area contributed by atoms with Gasteiger partial charge in [0.1, 0.15) is 0 Å². The van der Waals surface area contributed by atoms with E-state index < -0.39 is 0 Å². The van der Waals surface area contributed by atoms with E-state index in [4.69, 9.17) is 21.6 Å². The molecule has 1 fully saturated rings. The molecule has 0 spiro atoms. The first kappa shape index (κ1) is 14.3. The van der Waals surface area contributed by atoms with Gasteiger partial charge in [0, 0.05) is 11.6 Å². The van der Waals surface area contributed by atoms with E-state index in [1.54, 1.807) is 0 Å². The third-order valence-electron chi connectivity index (χ3n) is 3.54. The highest BCUT2D eigenvalue weighted by Crippen LogP contribution is 2.18. The maximum absolute atomic E-state index is 8.65. The van der Waals surface area contributed by atoms with E-state index in [9.17, 15) is 0 Å². The van der Waals surface area contributed by atoms with Gasteiger partial charge in [0.25, 0.3) is 0 Å². The summed E-state index contributed by atoms with van der Waals surface area (Å²) in [4.78, 5) is 2.20. The molecular weight excluding hydrogens is 260 g/mol. The molecule has 0 amide bonds. The minimum absolute atomic E-state index is 0.554. The number of piperidine rings is 1. The largest absolute Gasteiger partial charge is 0.376 e. The molecule has 1 aromatic carbocycles. The van der Waals surface area contributed by atoms with Gasteiger partial charge in [0.2, 0.25) is 0 Å². The third kappa shape index (κ3) is 4.83. The smallest absolute Gasteiger partial charge is 0.0865 e. The molecule has 0 saturated carbocycles. The fourth-order valence-corrected chi connectivity index (χ4v) is 2.46. The van der Waals surface area contributed by atoms with Gasteiger partial charge in [0.15, 0.2) is 0 Å². The normalized spacial score (nSPS) is 17.3. The maximum atomic E-state index is 8.65. The van der Waals surface area contributed by atoms with Crippen molar-refractivity contribution < 1.29 is 4.74 Å². The molecule has 0 aliphatic carbocycles. The van der Waals surface area contributed by atoms with Crippen molar-refractivity contribution in [2.75, 3.05) is 26.2 Å². The highest BCUT2D eigenvalue weighted by Gasteiger charge is 2.18. The molecule has 3 nitrogen and oxygen atoms in total. The lowest BCUT2D eigenvalue weighted by atomic mass is 9.98. The third-order valence-corrected chi connectivity index (χ3v) is 3.79. The molecule has 1 aliphatic rings. The molecule has 0 aromatic heterocycles. The number of ether oxygens (including phenoxy) is 1. The molecule has 0 unspecified atom stereocenters. The van der Waals surface area contributed by atoms with Gasteiger partial charge in [-0.1, -0.05) is 23.7 Å². The number of nitrogens with zero attached hydrogens (tertiary/aromatic N) is 2. The molecule has 1 heterocycles. The molecule has 1 aliphatic heterocycles. The molecule has 0 atom stereocenters. The van der Waals surface area contributed by atoms with Crippen molar-refractivity contribution in [2.45, 2.75) is 19.4 Å². The molecule has 1 aromatic rings. The van der Waals surface area contributed by atoms with E-state index in [0.29, 0.717) is 19.1 Å². The van der Waals surface area contributed by atoms with Crippen molar-refractivity contribution in [3.63, 3.8) is 0 Å². The minimum atomic E-state index is 0.554. The van der Waals surface area contributed by atoms with Gasteiger partial charge in [-0.25, -0.2) is 0 Å². The summed E-state index contributed by atoms with van der Waals surface area (Å²) in [5.41, 5.74) is 1.16. The summed E-state index contributed by atoms with van der Waals surface area (Å²) in [6, 6.07) is 9.98. The number of nitriles is 1. The number of benzene rings is 1. The van der Waals surface area contributed by atoms with Crippen LogP contribution in [0.25, 0.3) is 0 Å². The highest BCUT2D eigenvalue weighted by atomic mass is 35.5. The van der Waals surface area contributed by atoms with Gasteiger partial charge in [-0.2, -0.15) is 5.26 Å². The van der Waals surface area contributed by atoms with E-state index >= 15 is 0 Å². The summed E-state index contributed by atoms with van der Waals surface area (Å²) in [5.74, 6) is 0.627. The summed E-state index contributed by atoms with van der Waals surface area (Å²) in [6.45, 7) is 4.04. The number of rotatable bonds is 5. The van der Waals surface area contributed by atoms with Gasteiger partial charge in [-0.15, -0.1) is 0 Å². The second-order valence-corrected chi connectivity index (χ2v) is 5.46. The van der Waals surface area contributed by atoms with E-state index in [0.717, 1.165) is 43.1 Å². The topological polar surface area (TPSA) is 36.3 Å². The fraction of sp³-hybridized carbons (Fsp3) is 0.533. The number of halogens is 1. The molecule has 0 bridgehead atoms. The van der Waals surface area contributed by atoms with Crippen LogP contribution in [0.3, 0.4) is 0 Å². The molecule has 1 saturated heterocycles. The van der Waals surface area contributed by atoms with Crippen LogP contribution in [-0.2, 0) is 11.3 Å². The molecule has 102 valence electrons. The quantitative estimate of drug-likeness (QED) is 0.777. The Morgan fingerprint density at radius 3 is 2.58 bits per heavy atom. The standard InChI is InChI=1S/C15H19ClN2O/c16-15-3-1-13(2-4-15)11-19-12-14-5-8-18(9-6-14)10-7-17/h1-4,14H,5-6,8-12H2. The van der Waals surface area contributed by atoms with Crippen molar-refractivity contribution in [3.8, 4) is 6.07 Å². The Kier molecular flexibility index (Phi) is 5.65. The second-order valence-electron chi connectivity index (χ2n) is 5.02. The Balaban J connectivity index is 1.64. The van der Waals surface area contributed by atoms with Crippen molar-refractivity contribution in [3.05, 3.63) is 34.9 Å². The molecule has 2 rings (SSSR count). The molecular formula is C15H19ClN2O. The van der Waals surface area contributed by atoms with Crippen LogP contribution in [0.1, 0.15) is 18.4 Å². The van der Waals surface area contributed by atoms with Crippen LogP contribution < -0.4 is 0 Å². The van der Waals surface area contributed by atoms with E-state index in [2.05, 4.69) is 11.0 Å². The predicted molar refractivity (Wildman–Crippen MR) is 75.9 cm³/mol. The minimum Gasteiger partial charge on any atom is -0.376 e. The Morgan fingerprint density at radius 1 is 1.26 bits per heavy atom. The Hall–Kier alpha value is -1.08. The first-order valence-electron chi connectivity index (χ1n) is 6.69. The summed E-state index contributed by atoms with van der Waals surface area (Å²) in [6.07, 6.45) is 2.25. The van der Waals surface area contributed by atoms with Gasteiger partial charge in [-0.3, -0.25) is 4.90 Å². The number of hydrogen-bond acceptors (Lipinski definition) is 3. The van der Waals surface area contributed by atoms with Crippen molar-refractivity contribution >= 4 is 11.6 Å². The number of hydrogen-bond donors (Lipinski definition) is 0. The first-order valence-corrected chi connectivity index (χ1v) is 7.07. The van der Waals surface area contributed by atoms with Gasteiger partial charge >= 0.3 is 0 Å². The summed E-state index contributed by atoms with van der Waals surface area (Å²) in [7, 11) is 0. The van der Waals surface area contributed by atoms with E-state index in [-0.39, 0.29) is 0 Å². The SMILES string of the molecule is N#CCN1CCC(COCc2ccc(Cl)cc2)CC1. The number of likely N-dealkylation sites (tertiary alicyclic amines) is 1. The predicted octanol–water partition coefficient (Wildman–Crippen LogP) is 3.09. The van der Waals surface area contributed by atoms with Crippen LogP contribution in [0.5, 0.6) is 0 Å². The van der Waals surface area contributed by atoms with Crippen LogP contribution in [0.4, 0.5) is 0 Å². The Morgan fingerprint density at radius 2 is 1.95 bits per heavy atom. The van der Waals surface area contributed by atoms with Gasteiger partial charge in [-0.05, 0) is 49.5 Å². The summed E-state index contributed by atoms with van der Waals surface area (Å²) >= 11 is 5.84. The summed E-state index contributed by atoms with van der Waals surface area (Å²) in [5, 5.41) is 9.40. The molecule has 0 N–H and O–H groups in total. The molecule has 19 heavy (non-hydrogen) atoms. The van der Waals surface area contributed by atoms with Crippen molar-refractivity contribution in [2.24, 2.45) is 5.92 Å². The lowest BCUT2D eigenvalue weighted by molar-refractivity contribution is 0.0601. The zero-order chi connectivity index (χ0) is 13.5. The average molecular weight is 279 g/mol.